The van der Waals surface area contributed by atoms with Crippen LogP contribution in [0.25, 0.3) is 0 Å². The predicted molar refractivity (Wildman–Crippen MR) is 74.4 cm³/mol. The van der Waals surface area contributed by atoms with Gasteiger partial charge >= 0.3 is 5.97 Å². The summed E-state index contributed by atoms with van der Waals surface area (Å²) in [6.45, 7) is 4.27. The molecule has 1 unspecified atom stereocenters. The van der Waals surface area contributed by atoms with Gasteiger partial charge in [-0.15, -0.1) is 10.2 Å². The Morgan fingerprint density at radius 3 is 2.74 bits per heavy atom. The number of hydrogen-bond donors (Lipinski definition) is 1. The standard InChI is InChI=1S/C13H21N3O2S/c1-3-11-14-15-13(19-8-12(17)18)16(11)9(2)10-6-4-5-7-10/h9-10H,3-8H2,1-2H3,(H,17,18). The molecule has 1 atom stereocenters. The van der Waals surface area contributed by atoms with Gasteiger partial charge in [-0.3, -0.25) is 4.79 Å². The van der Waals surface area contributed by atoms with E-state index in [0.29, 0.717) is 12.0 Å². The molecule has 106 valence electrons. The second-order valence-corrected chi connectivity index (χ2v) is 6.03. The van der Waals surface area contributed by atoms with Gasteiger partial charge in [0, 0.05) is 12.5 Å². The number of aryl methyl sites for hydroxylation is 1. The van der Waals surface area contributed by atoms with Gasteiger partial charge in [0.25, 0.3) is 0 Å². The molecule has 0 spiro atoms. The van der Waals surface area contributed by atoms with Gasteiger partial charge in [-0.2, -0.15) is 0 Å². The van der Waals surface area contributed by atoms with Crippen LogP contribution in [0, 0.1) is 5.92 Å². The van der Waals surface area contributed by atoms with E-state index in [0.717, 1.165) is 17.4 Å². The van der Waals surface area contributed by atoms with E-state index in [-0.39, 0.29) is 5.75 Å². The fourth-order valence-corrected chi connectivity index (χ4v) is 3.59. The molecule has 0 radical (unpaired) electrons. The molecular formula is C13H21N3O2S. The molecule has 0 aliphatic heterocycles. The molecule has 0 amide bonds. The number of hydrogen-bond acceptors (Lipinski definition) is 4. The lowest BCUT2D eigenvalue weighted by Gasteiger charge is -2.23. The Morgan fingerprint density at radius 1 is 1.47 bits per heavy atom. The molecule has 2 rings (SSSR count). The van der Waals surface area contributed by atoms with E-state index in [1.54, 1.807) is 0 Å². The van der Waals surface area contributed by atoms with Crippen LogP contribution in [0.4, 0.5) is 0 Å². The van der Waals surface area contributed by atoms with Crippen molar-refractivity contribution in [3.63, 3.8) is 0 Å². The predicted octanol–water partition coefficient (Wildman–Crippen LogP) is 2.77. The van der Waals surface area contributed by atoms with Crippen molar-refractivity contribution in [2.75, 3.05) is 5.75 Å². The summed E-state index contributed by atoms with van der Waals surface area (Å²) in [5.74, 6) is 0.864. The lowest BCUT2D eigenvalue weighted by molar-refractivity contribution is -0.133. The molecule has 6 heteroatoms. The molecule has 5 nitrogen and oxygen atoms in total. The maximum Gasteiger partial charge on any atom is 0.313 e. The summed E-state index contributed by atoms with van der Waals surface area (Å²) >= 11 is 1.27. The minimum absolute atomic E-state index is 0.0409. The van der Waals surface area contributed by atoms with Crippen molar-refractivity contribution in [3.8, 4) is 0 Å². The molecule has 1 N–H and O–H groups in total. The van der Waals surface area contributed by atoms with Gasteiger partial charge in [0.1, 0.15) is 5.82 Å². The van der Waals surface area contributed by atoms with E-state index in [4.69, 9.17) is 5.11 Å². The molecule has 1 aromatic rings. The van der Waals surface area contributed by atoms with Gasteiger partial charge in [-0.05, 0) is 25.7 Å². The number of carboxylic acid groups (broad SMARTS) is 1. The monoisotopic (exact) mass is 283 g/mol. The van der Waals surface area contributed by atoms with Crippen molar-refractivity contribution in [1.82, 2.24) is 14.8 Å². The van der Waals surface area contributed by atoms with Gasteiger partial charge in [0.2, 0.25) is 0 Å². The maximum atomic E-state index is 10.7. The lowest BCUT2D eigenvalue weighted by Crippen LogP contribution is -2.17. The average molecular weight is 283 g/mol. The Bertz CT molecular complexity index is 441. The van der Waals surface area contributed by atoms with Gasteiger partial charge in [0.15, 0.2) is 5.16 Å². The molecule has 1 saturated carbocycles. The summed E-state index contributed by atoms with van der Waals surface area (Å²) in [5.41, 5.74) is 0. The smallest absolute Gasteiger partial charge is 0.313 e. The summed E-state index contributed by atoms with van der Waals surface area (Å²) in [5, 5.41) is 17.9. The first-order chi connectivity index (χ1) is 9.13. The van der Waals surface area contributed by atoms with Crippen LogP contribution in [0.1, 0.15) is 51.4 Å². The van der Waals surface area contributed by atoms with E-state index in [9.17, 15) is 4.79 Å². The van der Waals surface area contributed by atoms with Crippen molar-refractivity contribution in [2.24, 2.45) is 5.92 Å². The molecular weight excluding hydrogens is 262 g/mol. The van der Waals surface area contributed by atoms with Crippen molar-refractivity contribution in [3.05, 3.63) is 5.82 Å². The summed E-state index contributed by atoms with van der Waals surface area (Å²) in [7, 11) is 0. The molecule has 1 aromatic heterocycles. The third kappa shape index (κ3) is 3.29. The summed E-state index contributed by atoms with van der Waals surface area (Å²) < 4.78 is 2.16. The van der Waals surface area contributed by atoms with Crippen molar-refractivity contribution < 1.29 is 9.90 Å². The third-order valence-corrected chi connectivity index (χ3v) is 4.79. The van der Waals surface area contributed by atoms with Crippen LogP contribution >= 0.6 is 11.8 Å². The quantitative estimate of drug-likeness (QED) is 0.813. The molecule has 0 saturated heterocycles. The molecule has 1 aliphatic carbocycles. The van der Waals surface area contributed by atoms with E-state index < -0.39 is 5.97 Å². The third-order valence-electron chi connectivity index (χ3n) is 3.87. The second kappa shape index (κ2) is 6.41. The highest BCUT2D eigenvalue weighted by Crippen LogP contribution is 2.36. The Morgan fingerprint density at radius 2 is 2.16 bits per heavy atom. The Labute approximate surface area is 117 Å². The normalized spacial score (nSPS) is 17.8. The van der Waals surface area contributed by atoms with Crippen LogP contribution in [-0.4, -0.2) is 31.6 Å². The minimum atomic E-state index is -0.814. The second-order valence-electron chi connectivity index (χ2n) is 5.09. The molecule has 0 aromatic carbocycles. The summed E-state index contributed by atoms with van der Waals surface area (Å²) in [6.07, 6.45) is 5.95. The van der Waals surface area contributed by atoms with Crippen LogP contribution in [0.5, 0.6) is 0 Å². The number of thioether (sulfide) groups is 1. The highest BCUT2D eigenvalue weighted by atomic mass is 32.2. The number of carbonyl (C=O) groups is 1. The fourth-order valence-electron chi connectivity index (χ4n) is 2.83. The number of carboxylic acids is 1. The molecule has 1 aliphatic rings. The average Bonchev–Trinajstić information content (AvgIpc) is 3.04. The van der Waals surface area contributed by atoms with E-state index in [1.807, 2.05) is 0 Å². The maximum absolute atomic E-state index is 10.7. The molecule has 0 bridgehead atoms. The van der Waals surface area contributed by atoms with Gasteiger partial charge < -0.3 is 9.67 Å². The van der Waals surface area contributed by atoms with E-state index in [2.05, 4.69) is 28.6 Å². The van der Waals surface area contributed by atoms with Crippen molar-refractivity contribution in [1.29, 1.82) is 0 Å². The number of aliphatic carboxylic acids is 1. The van der Waals surface area contributed by atoms with Crippen molar-refractivity contribution in [2.45, 2.75) is 57.1 Å². The lowest BCUT2D eigenvalue weighted by atomic mass is 9.99. The van der Waals surface area contributed by atoms with E-state index in [1.165, 1.54) is 37.4 Å². The highest BCUT2D eigenvalue weighted by molar-refractivity contribution is 7.99. The van der Waals surface area contributed by atoms with Crippen LogP contribution in [-0.2, 0) is 11.2 Å². The van der Waals surface area contributed by atoms with Gasteiger partial charge in [-0.1, -0.05) is 31.5 Å². The van der Waals surface area contributed by atoms with Crippen LogP contribution in [0.3, 0.4) is 0 Å². The molecule has 1 fully saturated rings. The first-order valence-electron chi connectivity index (χ1n) is 6.91. The highest BCUT2D eigenvalue weighted by Gasteiger charge is 2.26. The largest absolute Gasteiger partial charge is 0.481 e. The molecule has 1 heterocycles. The van der Waals surface area contributed by atoms with Gasteiger partial charge in [-0.25, -0.2) is 0 Å². The Hall–Kier alpha value is -1.04. The zero-order valence-corrected chi connectivity index (χ0v) is 12.3. The number of rotatable bonds is 6. The molecule has 19 heavy (non-hydrogen) atoms. The minimum Gasteiger partial charge on any atom is -0.481 e. The summed E-state index contributed by atoms with van der Waals surface area (Å²) in [4.78, 5) is 10.7. The zero-order chi connectivity index (χ0) is 13.8. The number of aromatic nitrogens is 3. The fraction of sp³-hybridized carbons (Fsp3) is 0.769. The van der Waals surface area contributed by atoms with Crippen LogP contribution in [0.15, 0.2) is 5.16 Å². The first kappa shape index (κ1) is 14.4. The van der Waals surface area contributed by atoms with Crippen LogP contribution in [0.2, 0.25) is 0 Å². The Balaban J connectivity index is 2.19. The Kier molecular flexibility index (Phi) is 4.85. The first-order valence-corrected chi connectivity index (χ1v) is 7.90. The van der Waals surface area contributed by atoms with Crippen LogP contribution < -0.4 is 0 Å². The number of nitrogens with zero attached hydrogens (tertiary/aromatic N) is 3. The topological polar surface area (TPSA) is 68.0 Å². The SMILES string of the molecule is CCc1nnc(SCC(=O)O)n1C(C)C1CCCC1. The summed E-state index contributed by atoms with van der Waals surface area (Å²) in [6, 6.07) is 0.365. The zero-order valence-electron chi connectivity index (χ0n) is 11.5. The van der Waals surface area contributed by atoms with Gasteiger partial charge in [0.05, 0.1) is 5.75 Å². The van der Waals surface area contributed by atoms with E-state index >= 15 is 0 Å². The van der Waals surface area contributed by atoms with Crippen molar-refractivity contribution >= 4 is 17.7 Å².